The molecule has 0 amide bonds. The molecular formula is C20H28O6. The second-order valence-electron chi connectivity index (χ2n) is 8.54. The van der Waals surface area contributed by atoms with Crippen LogP contribution < -0.4 is 4.74 Å². The number of ketones is 1. The van der Waals surface area contributed by atoms with Gasteiger partial charge in [0.1, 0.15) is 34.5 Å². The van der Waals surface area contributed by atoms with Crippen LogP contribution in [0, 0.1) is 5.92 Å². The number of phenols is 2. The summed E-state index contributed by atoms with van der Waals surface area (Å²) in [5.41, 5.74) is -1.08. The van der Waals surface area contributed by atoms with Gasteiger partial charge in [0.05, 0.1) is 11.7 Å². The third-order valence-corrected chi connectivity index (χ3v) is 5.54. The van der Waals surface area contributed by atoms with Crippen molar-refractivity contribution in [1.82, 2.24) is 0 Å². The van der Waals surface area contributed by atoms with Gasteiger partial charge in [0.15, 0.2) is 5.78 Å². The summed E-state index contributed by atoms with van der Waals surface area (Å²) in [6.07, 6.45) is 0.907. The molecule has 2 aliphatic rings. The number of phenolic OH excluding ortho intramolecular Hbond substituents is 2. The molecule has 2 aliphatic heterocycles. The molecule has 0 aliphatic carbocycles. The van der Waals surface area contributed by atoms with Gasteiger partial charge in [-0.05, 0) is 33.6 Å². The summed E-state index contributed by atoms with van der Waals surface area (Å²) in [6.45, 7) is 8.85. The third kappa shape index (κ3) is 3.05. The van der Waals surface area contributed by atoms with Crippen molar-refractivity contribution in [2.45, 2.75) is 77.3 Å². The van der Waals surface area contributed by atoms with Crippen LogP contribution in [0.5, 0.6) is 17.2 Å². The molecule has 0 saturated carbocycles. The first-order valence-electron chi connectivity index (χ1n) is 9.13. The molecular weight excluding hydrogens is 336 g/mol. The Morgan fingerprint density at radius 3 is 2.54 bits per heavy atom. The van der Waals surface area contributed by atoms with Crippen LogP contribution in [0.4, 0.5) is 0 Å². The third-order valence-electron chi connectivity index (χ3n) is 5.54. The fourth-order valence-corrected chi connectivity index (χ4v) is 3.82. The molecule has 1 saturated heterocycles. The Hall–Kier alpha value is -1.79. The van der Waals surface area contributed by atoms with E-state index in [2.05, 4.69) is 0 Å². The van der Waals surface area contributed by atoms with Crippen molar-refractivity contribution in [1.29, 1.82) is 0 Å². The number of carbonyl (C=O) groups is 1. The van der Waals surface area contributed by atoms with E-state index in [0.717, 1.165) is 0 Å². The Morgan fingerprint density at radius 1 is 1.31 bits per heavy atom. The fraction of sp³-hybridized carbons (Fsp3) is 0.650. The van der Waals surface area contributed by atoms with Gasteiger partial charge in [0.25, 0.3) is 0 Å². The van der Waals surface area contributed by atoms with Crippen molar-refractivity contribution in [3.05, 3.63) is 17.2 Å². The molecule has 6 nitrogen and oxygen atoms in total. The normalized spacial score (nSPS) is 28.3. The summed E-state index contributed by atoms with van der Waals surface area (Å²) in [4.78, 5) is 12.6. The Kier molecular flexibility index (Phi) is 4.48. The van der Waals surface area contributed by atoms with E-state index in [1.54, 1.807) is 27.7 Å². The topological polar surface area (TPSA) is 96.2 Å². The lowest BCUT2D eigenvalue weighted by atomic mass is 9.79. The van der Waals surface area contributed by atoms with E-state index in [1.165, 1.54) is 6.07 Å². The molecule has 1 aromatic rings. The largest absolute Gasteiger partial charge is 0.507 e. The number of aliphatic hydroxyl groups is 1. The monoisotopic (exact) mass is 364 g/mol. The number of aromatic hydroxyl groups is 2. The lowest BCUT2D eigenvalue weighted by Crippen LogP contribution is -2.58. The molecule has 26 heavy (non-hydrogen) atoms. The maximum absolute atomic E-state index is 12.6. The summed E-state index contributed by atoms with van der Waals surface area (Å²) < 4.78 is 12.3. The first-order valence-corrected chi connectivity index (χ1v) is 9.13. The predicted octanol–water partition coefficient (Wildman–Crippen LogP) is 2.95. The quantitative estimate of drug-likeness (QED) is 0.714. The van der Waals surface area contributed by atoms with Gasteiger partial charge in [-0.2, -0.15) is 0 Å². The van der Waals surface area contributed by atoms with Gasteiger partial charge in [0, 0.05) is 24.0 Å². The number of hydrogen-bond acceptors (Lipinski definition) is 6. The van der Waals surface area contributed by atoms with E-state index < -0.39 is 11.2 Å². The Bertz CT molecular complexity index is 733. The van der Waals surface area contributed by atoms with E-state index in [0.29, 0.717) is 24.8 Å². The van der Waals surface area contributed by atoms with Crippen molar-refractivity contribution in [2.75, 3.05) is 0 Å². The van der Waals surface area contributed by atoms with Crippen molar-refractivity contribution >= 4 is 5.78 Å². The molecule has 0 bridgehead atoms. The van der Waals surface area contributed by atoms with Gasteiger partial charge in [-0.25, -0.2) is 0 Å². The van der Waals surface area contributed by atoms with Crippen LogP contribution in [0.25, 0.3) is 0 Å². The highest BCUT2D eigenvalue weighted by Crippen LogP contribution is 2.49. The minimum Gasteiger partial charge on any atom is -0.507 e. The number of benzene rings is 1. The van der Waals surface area contributed by atoms with Gasteiger partial charge in [0.2, 0.25) is 0 Å². The van der Waals surface area contributed by atoms with E-state index in [9.17, 15) is 20.1 Å². The van der Waals surface area contributed by atoms with E-state index >= 15 is 0 Å². The second-order valence-corrected chi connectivity index (χ2v) is 8.54. The molecule has 1 aromatic carbocycles. The minimum atomic E-state index is -0.975. The van der Waals surface area contributed by atoms with Gasteiger partial charge >= 0.3 is 0 Å². The summed E-state index contributed by atoms with van der Waals surface area (Å²) in [6, 6.07) is 1.19. The van der Waals surface area contributed by atoms with E-state index in [1.807, 2.05) is 6.92 Å². The zero-order valence-corrected chi connectivity index (χ0v) is 16.0. The van der Waals surface area contributed by atoms with Crippen LogP contribution in [0.2, 0.25) is 0 Å². The SMILES string of the molecule is CC(C)C(=O)c1c(O)cc(O)c2c1O[C@]1(C)CC[C@@H](C(C)(C)O)O[C@@H]1C2. The highest BCUT2D eigenvalue weighted by molar-refractivity contribution is 6.03. The van der Waals surface area contributed by atoms with Crippen LogP contribution in [0.1, 0.15) is 63.4 Å². The van der Waals surface area contributed by atoms with Gasteiger partial charge in [-0.15, -0.1) is 0 Å². The number of rotatable bonds is 3. The number of carbonyl (C=O) groups excluding carboxylic acids is 1. The number of ether oxygens (including phenoxy) is 2. The van der Waals surface area contributed by atoms with Crippen LogP contribution in [-0.2, 0) is 11.2 Å². The number of hydrogen-bond donors (Lipinski definition) is 3. The first-order chi connectivity index (χ1) is 11.9. The molecule has 0 aromatic heterocycles. The van der Waals surface area contributed by atoms with E-state index in [-0.39, 0.29) is 46.7 Å². The van der Waals surface area contributed by atoms with Crippen molar-refractivity contribution < 1.29 is 29.6 Å². The highest BCUT2D eigenvalue weighted by Gasteiger charge is 2.50. The number of fused-ring (bicyclic) bond motifs is 2. The summed E-state index contributed by atoms with van der Waals surface area (Å²) in [7, 11) is 0. The molecule has 0 unspecified atom stereocenters. The molecule has 3 atom stereocenters. The van der Waals surface area contributed by atoms with Crippen molar-refractivity contribution in [3.8, 4) is 17.2 Å². The highest BCUT2D eigenvalue weighted by atomic mass is 16.6. The predicted molar refractivity (Wildman–Crippen MR) is 95.9 cm³/mol. The number of Topliss-reactive ketones (excluding diaryl/α,β-unsaturated/α-hetero) is 1. The standard InChI is InChI=1S/C20H28O6/c1-10(2)17(23)16-13(22)9-12(21)11-8-15-20(5,26-18(11)16)7-6-14(25-15)19(3,4)24/h9-10,14-15,21-22,24H,6-8H2,1-5H3/t14-,15+,20+/m0/s1. The van der Waals surface area contributed by atoms with E-state index in [4.69, 9.17) is 9.47 Å². The van der Waals surface area contributed by atoms with Crippen LogP contribution in [0.15, 0.2) is 6.07 Å². The molecule has 0 radical (unpaired) electrons. The minimum absolute atomic E-state index is 0.117. The molecule has 6 heteroatoms. The summed E-state index contributed by atoms with van der Waals surface area (Å²) in [5.74, 6) is -0.676. The van der Waals surface area contributed by atoms with Crippen molar-refractivity contribution in [3.63, 3.8) is 0 Å². The van der Waals surface area contributed by atoms with Gasteiger partial charge < -0.3 is 24.8 Å². The molecule has 1 fully saturated rings. The molecule has 2 heterocycles. The lowest BCUT2D eigenvalue weighted by molar-refractivity contribution is -0.206. The average Bonchev–Trinajstić information content (AvgIpc) is 2.51. The fourth-order valence-electron chi connectivity index (χ4n) is 3.82. The van der Waals surface area contributed by atoms with Crippen LogP contribution in [-0.4, -0.2) is 44.5 Å². The summed E-state index contributed by atoms with van der Waals surface area (Å²) >= 11 is 0. The summed E-state index contributed by atoms with van der Waals surface area (Å²) in [5, 5.41) is 30.9. The Morgan fingerprint density at radius 2 is 1.96 bits per heavy atom. The molecule has 144 valence electrons. The lowest BCUT2D eigenvalue weighted by Gasteiger charge is -2.49. The molecule has 3 rings (SSSR count). The zero-order chi connectivity index (χ0) is 19.4. The first kappa shape index (κ1) is 19.0. The van der Waals surface area contributed by atoms with Gasteiger partial charge in [-0.1, -0.05) is 13.8 Å². The van der Waals surface area contributed by atoms with Crippen LogP contribution in [0.3, 0.4) is 0 Å². The van der Waals surface area contributed by atoms with Crippen LogP contribution >= 0.6 is 0 Å². The van der Waals surface area contributed by atoms with Crippen molar-refractivity contribution in [2.24, 2.45) is 5.92 Å². The molecule has 0 spiro atoms. The molecule has 3 N–H and O–H groups in total. The maximum Gasteiger partial charge on any atom is 0.172 e. The second kappa shape index (κ2) is 6.13. The maximum atomic E-state index is 12.6. The Labute approximate surface area is 153 Å². The Balaban J connectivity index is 2.05. The zero-order valence-electron chi connectivity index (χ0n) is 16.0. The smallest absolute Gasteiger partial charge is 0.172 e. The van der Waals surface area contributed by atoms with Gasteiger partial charge in [-0.3, -0.25) is 4.79 Å². The average molecular weight is 364 g/mol.